The van der Waals surface area contributed by atoms with Crippen molar-refractivity contribution in [1.29, 1.82) is 0 Å². The third kappa shape index (κ3) is 6.50. The summed E-state index contributed by atoms with van der Waals surface area (Å²) in [5, 5.41) is 0. The van der Waals surface area contributed by atoms with Crippen LogP contribution in [-0.2, 0) is 13.0 Å². The second-order valence-corrected chi connectivity index (χ2v) is 2.54. The largest absolute Gasteiger partial charge is 0.673 e. The van der Waals surface area contributed by atoms with Crippen LogP contribution in [0.3, 0.4) is 0 Å². The van der Waals surface area contributed by atoms with E-state index in [4.69, 9.17) is 0 Å². The number of rotatable bonds is 2. The summed E-state index contributed by atoms with van der Waals surface area (Å²) >= 11 is 0. The molecule has 0 unspecified atom stereocenters. The molecule has 0 bridgehead atoms. The van der Waals surface area contributed by atoms with Gasteiger partial charge in [0.05, 0.1) is 6.54 Å². The molecule has 0 saturated carbocycles. The zero-order valence-corrected chi connectivity index (χ0v) is 8.11. The molecule has 1 N–H and O–H groups in total. The van der Waals surface area contributed by atoms with Gasteiger partial charge in [-0.15, -0.1) is 0 Å². The number of aryl methyl sites for hydroxylation is 2. The molecule has 0 aliphatic heterocycles. The van der Waals surface area contributed by atoms with Gasteiger partial charge in [0.2, 0.25) is 0 Å². The fraction of sp³-hybridized carbons (Fsp3) is 0.571. The Morgan fingerprint density at radius 1 is 1.29 bits per heavy atom. The van der Waals surface area contributed by atoms with E-state index in [1.54, 1.807) is 0 Å². The van der Waals surface area contributed by atoms with E-state index in [2.05, 4.69) is 29.6 Å². The fourth-order valence-electron chi connectivity index (χ4n) is 0.998. The molecule has 0 aromatic carbocycles. The van der Waals surface area contributed by atoms with Gasteiger partial charge in [-0.1, -0.05) is 6.92 Å². The van der Waals surface area contributed by atoms with Gasteiger partial charge in [-0.2, -0.15) is 0 Å². The lowest BCUT2D eigenvalue weighted by Crippen LogP contribution is -2.34. The molecule has 0 fully saturated rings. The van der Waals surface area contributed by atoms with Crippen LogP contribution < -0.4 is 4.57 Å². The number of aromatic amines is 1. The van der Waals surface area contributed by atoms with Crippen molar-refractivity contribution >= 4 is 7.25 Å². The number of imidazole rings is 1. The molecule has 1 heterocycles. The lowest BCUT2D eigenvalue weighted by molar-refractivity contribution is -0.699. The van der Waals surface area contributed by atoms with E-state index in [9.17, 15) is 17.3 Å². The van der Waals surface area contributed by atoms with Crippen molar-refractivity contribution in [2.45, 2.75) is 26.8 Å². The van der Waals surface area contributed by atoms with Gasteiger partial charge >= 0.3 is 7.25 Å². The van der Waals surface area contributed by atoms with Crippen molar-refractivity contribution in [2.24, 2.45) is 0 Å². The van der Waals surface area contributed by atoms with Crippen LogP contribution in [0.5, 0.6) is 0 Å². The summed E-state index contributed by atoms with van der Waals surface area (Å²) in [6.45, 7) is 5.36. The van der Waals surface area contributed by atoms with Crippen LogP contribution in [0.15, 0.2) is 12.4 Å². The fourth-order valence-corrected chi connectivity index (χ4v) is 0.998. The minimum absolute atomic E-state index is 1.06. The summed E-state index contributed by atoms with van der Waals surface area (Å²) in [4.78, 5) is 3.17. The Morgan fingerprint density at radius 3 is 2.07 bits per heavy atom. The average molecular weight is 212 g/mol. The Morgan fingerprint density at radius 2 is 1.79 bits per heavy atom. The number of aromatic nitrogens is 2. The van der Waals surface area contributed by atoms with E-state index in [0.29, 0.717) is 0 Å². The van der Waals surface area contributed by atoms with Crippen LogP contribution in [-0.4, -0.2) is 12.2 Å². The Bertz CT molecular complexity index is 234. The van der Waals surface area contributed by atoms with Crippen molar-refractivity contribution in [3.05, 3.63) is 18.2 Å². The van der Waals surface area contributed by atoms with Crippen molar-refractivity contribution in [2.75, 3.05) is 0 Å². The van der Waals surface area contributed by atoms with Gasteiger partial charge in [0.1, 0.15) is 12.4 Å². The molecule has 1 aromatic heterocycles. The molecular weight excluding hydrogens is 199 g/mol. The average Bonchev–Trinajstić information content (AvgIpc) is 2.47. The van der Waals surface area contributed by atoms with Gasteiger partial charge in [-0.25, -0.2) is 9.55 Å². The van der Waals surface area contributed by atoms with E-state index >= 15 is 0 Å². The molecule has 7 heteroatoms. The van der Waals surface area contributed by atoms with E-state index in [1.165, 1.54) is 5.82 Å². The highest BCUT2D eigenvalue weighted by Crippen LogP contribution is 2.06. The summed E-state index contributed by atoms with van der Waals surface area (Å²) in [5.41, 5.74) is 0. The van der Waals surface area contributed by atoms with Crippen LogP contribution in [0.1, 0.15) is 19.7 Å². The molecular formula is C7H13BF4N2. The maximum Gasteiger partial charge on any atom is 0.673 e. The highest BCUT2D eigenvalue weighted by atomic mass is 19.5. The number of halogens is 4. The first kappa shape index (κ1) is 13.0. The second kappa shape index (κ2) is 5.67. The summed E-state index contributed by atoms with van der Waals surface area (Å²) in [7, 11) is -6.00. The number of hydrogen-bond acceptors (Lipinski definition) is 0. The molecule has 82 valence electrons. The standard InChI is InChI=1S/C7H12N2.BF4/c1-3-7-8-5-6-9(7)4-2;2-1(3,4)5/h5-6H,3-4H2,1-2H3;/q;-1/p+1. The van der Waals surface area contributed by atoms with Crippen molar-refractivity contribution in [3.63, 3.8) is 0 Å². The third-order valence-electron chi connectivity index (χ3n) is 1.53. The smallest absolute Gasteiger partial charge is 0.418 e. The highest BCUT2D eigenvalue weighted by Gasteiger charge is 2.20. The minimum Gasteiger partial charge on any atom is -0.418 e. The van der Waals surface area contributed by atoms with Crippen molar-refractivity contribution in [1.82, 2.24) is 4.98 Å². The van der Waals surface area contributed by atoms with Gasteiger partial charge in [0, 0.05) is 6.42 Å². The van der Waals surface area contributed by atoms with Crippen LogP contribution >= 0.6 is 0 Å². The lowest BCUT2D eigenvalue weighted by Gasteiger charge is -1.94. The molecule has 0 amide bonds. The highest BCUT2D eigenvalue weighted by molar-refractivity contribution is 6.50. The number of hydrogen-bond donors (Lipinski definition) is 1. The normalized spacial score (nSPS) is 10.7. The molecule has 0 atom stereocenters. The van der Waals surface area contributed by atoms with Crippen LogP contribution in [0, 0.1) is 0 Å². The first-order valence-corrected chi connectivity index (χ1v) is 4.31. The minimum atomic E-state index is -6.00. The molecule has 2 nitrogen and oxygen atoms in total. The molecule has 0 radical (unpaired) electrons. The zero-order chi connectivity index (χ0) is 11.2. The summed E-state index contributed by atoms with van der Waals surface area (Å²) < 4.78 is 41.2. The molecule has 0 aliphatic carbocycles. The SMILES string of the molecule is CCc1[nH]cc[n+]1CC.F[B-](F)(F)F. The summed E-state index contributed by atoms with van der Waals surface area (Å²) in [5.74, 6) is 1.30. The zero-order valence-electron chi connectivity index (χ0n) is 8.11. The van der Waals surface area contributed by atoms with Crippen molar-refractivity contribution < 1.29 is 21.8 Å². The van der Waals surface area contributed by atoms with Gasteiger partial charge in [0.15, 0.2) is 0 Å². The molecule has 0 spiro atoms. The first-order chi connectivity index (χ1) is 6.38. The monoisotopic (exact) mass is 212 g/mol. The molecule has 0 saturated heterocycles. The molecule has 14 heavy (non-hydrogen) atoms. The van der Waals surface area contributed by atoms with E-state index in [-0.39, 0.29) is 0 Å². The second-order valence-electron chi connectivity index (χ2n) is 2.54. The Balaban J connectivity index is 0.000000292. The quantitative estimate of drug-likeness (QED) is 0.440. The predicted molar refractivity (Wildman–Crippen MR) is 46.2 cm³/mol. The number of nitrogens with zero attached hydrogens (tertiary/aromatic N) is 1. The van der Waals surface area contributed by atoms with Gasteiger partial charge in [-0.05, 0) is 6.92 Å². The van der Waals surface area contributed by atoms with Gasteiger partial charge in [-0.3, -0.25) is 0 Å². The molecule has 1 rings (SSSR count). The van der Waals surface area contributed by atoms with E-state index in [1.807, 2.05) is 6.20 Å². The van der Waals surface area contributed by atoms with Gasteiger partial charge in [0.25, 0.3) is 5.82 Å². The van der Waals surface area contributed by atoms with Gasteiger partial charge < -0.3 is 17.3 Å². The predicted octanol–water partition coefficient (Wildman–Crippen LogP) is 2.18. The summed E-state index contributed by atoms with van der Waals surface area (Å²) in [6, 6.07) is 0. The Hall–Kier alpha value is -1.01. The van der Waals surface area contributed by atoms with Crippen LogP contribution in [0.2, 0.25) is 0 Å². The number of H-pyrrole nitrogens is 1. The Kier molecular flexibility index (Phi) is 5.26. The topological polar surface area (TPSA) is 19.7 Å². The summed E-state index contributed by atoms with van der Waals surface area (Å²) in [6.07, 6.45) is 5.13. The van der Waals surface area contributed by atoms with E-state index < -0.39 is 7.25 Å². The molecule has 0 aliphatic rings. The molecule has 1 aromatic rings. The van der Waals surface area contributed by atoms with Crippen LogP contribution in [0.4, 0.5) is 17.3 Å². The van der Waals surface area contributed by atoms with E-state index in [0.717, 1.165) is 13.0 Å². The van der Waals surface area contributed by atoms with Crippen LogP contribution in [0.25, 0.3) is 0 Å². The lowest BCUT2D eigenvalue weighted by atomic mass is 10.3. The van der Waals surface area contributed by atoms with Crippen molar-refractivity contribution in [3.8, 4) is 0 Å². The first-order valence-electron chi connectivity index (χ1n) is 4.31. The number of nitrogens with one attached hydrogen (secondary N) is 1. The maximum atomic E-state index is 9.75. The third-order valence-corrected chi connectivity index (χ3v) is 1.53. The Labute approximate surface area is 80.1 Å². The maximum absolute atomic E-state index is 9.75.